The Morgan fingerprint density at radius 2 is 1.42 bits per heavy atom. The minimum Gasteiger partial charge on any atom is -0.382 e. The van der Waals surface area contributed by atoms with Gasteiger partial charge in [-0.2, -0.15) is 36.5 Å². The maximum atomic E-state index is 12.6. The summed E-state index contributed by atoms with van der Waals surface area (Å²) in [6.45, 7) is 0.417. The van der Waals surface area contributed by atoms with E-state index in [1.807, 2.05) is 35.6 Å². The number of rotatable bonds is 10. The van der Waals surface area contributed by atoms with Crippen LogP contribution in [0.1, 0.15) is 35.2 Å². The number of anilines is 2. The van der Waals surface area contributed by atoms with Gasteiger partial charge in [-0.15, -0.1) is 0 Å². The molecule has 0 radical (unpaired) electrons. The van der Waals surface area contributed by atoms with Crippen LogP contribution >= 0.6 is 45.8 Å². The molecule has 4 heterocycles. The molecule has 0 amide bonds. The largest absolute Gasteiger partial charge is 0.416 e. The van der Waals surface area contributed by atoms with Gasteiger partial charge in [0.05, 0.1) is 29.5 Å². The second-order valence-electron chi connectivity index (χ2n) is 11.4. The van der Waals surface area contributed by atoms with Crippen molar-refractivity contribution in [1.29, 1.82) is 0 Å². The summed E-state index contributed by atoms with van der Waals surface area (Å²) in [5, 5.41) is 31.5. The molecule has 2 atom stereocenters. The normalized spacial score (nSPS) is 14.7. The van der Waals surface area contributed by atoms with Gasteiger partial charge < -0.3 is 20.8 Å². The number of carbonyl (C=O) groups excluding carboxylic acids is 1. The topological polar surface area (TPSA) is 142 Å². The number of hydrogen-bond acceptors (Lipinski definition) is 9. The molecule has 5 aromatic rings. The molecule has 1 aliphatic carbocycles. The van der Waals surface area contributed by atoms with Crippen LogP contribution in [0.25, 0.3) is 22.6 Å². The summed E-state index contributed by atoms with van der Waals surface area (Å²) < 4.78 is 77.9. The summed E-state index contributed by atoms with van der Waals surface area (Å²) >= 11 is 13.8. The zero-order chi connectivity index (χ0) is 36.5. The highest BCUT2D eigenvalue weighted by molar-refractivity contribution is 14.1. The van der Waals surface area contributed by atoms with E-state index in [2.05, 4.69) is 30.8 Å². The SMILES string of the molecule is Cc1cc(-c2cnc3c(NCC(O)C(F)(F)F)cc(Cl)nn23)ccc1C(=O)CC1CC1.OC(CNc1cc(Cl)nn2c(I)cnc12)C(F)(F)F. The Labute approximate surface area is 303 Å². The maximum absolute atomic E-state index is 12.6. The number of alkyl halides is 6. The summed E-state index contributed by atoms with van der Waals surface area (Å²) in [4.78, 5) is 20.7. The van der Waals surface area contributed by atoms with Crippen molar-refractivity contribution in [3.63, 3.8) is 0 Å². The van der Waals surface area contributed by atoms with Gasteiger partial charge in [0, 0.05) is 42.8 Å². The second-order valence-corrected chi connectivity index (χ2v) is 13.3. The number of hydrogen-bond donors (Lipinski definition) is 4. The number of aromatic nitrogens is 6. The third-order valence-corrected chi connectivity index (χ3v) is 8.66. The van der Waals surface area contributed by atoms with Gasteiger partial charge in [-0.1, -0.05) is 35.3 Å². The number of aliphatic hydroxyl groups is 2. The van der Waals surface area contributed by atoms with Crippen molar-refractivity contribution in [3.8, 4) is 11.3 Å². The van der Waals surface area contributed by atoms with E-state index in [1.54, 1.807) is 12.1 Å². The smallest absolute Gasteiger partial charge is 0.382 e. The highest BCUT2D eigenvalue weighted by Crippen LogP contribution is 2.35. The molecule has 0 spiro atoms. The van der Waals surface area contributed by atoms with E-state index in [9.17, 15) is 36.2 Å². The Morgan fingerprint density at radius 3 is 1.94 bits per heavy atom. The molecule has 0 aliphatic heterocycles. The van der Waals surface area contributed by atoms with Crippen molar-refractivity contribution in [2.45, 2.75) is 50.7 Å². The van der Waals surface area contributed by atoms with E-state index in [0.29, 0.717) is 32.9 Å². The maximum Gasteiger partial charge on any atom is 0.416 e. The van der Waals surface area contributed by atoms with Gasteiger partial charge in [-0.3, -0.25) is 4.79 Å². The number of carbonyl (C=O) groups is 1. The number of nitrogens with zero attached hydrogens (tertiary/aromatic N) is 6. The zero-order valence-electron chi connectivity index (χ0n) is 25.7. The van der Waals surface area contributed by atoms with Crippen LogP contribution < -0.4 is 10.6 Å². The molecule has 4 N–H and O–H groups in total. The number of Topliss-reactive ketones (excluding diaryl/α,β-unsaturated/α-hetero) is 1. The third kappa shape index (κ3) is 9.06. The molecular weight excluding hydrogens is 832 g/mol. The van der Waals surface area contributed by atoms with Crippen LogP contribution in [0.4, 0.5) is 37.7 Å². The number of halogens is 9. The molecule has 1 aliphatic rings. The Hall–Kier alpha value is -3.46. The van der Waals surface area contributed by atoms with E-state index in [-0.39, 0.29) is 33.1 Å². The van der Waals surface area contributed by atoms with E-state index in [0.717, 1.165) is 24.0 Å². The standard InChI is InChI=1S/C21H20ClF3N4O2.C9H7ClF3IN4O/c1-11-6-13(4-5-14(11)17(30)7-12-2-3-12)16-9-27-20-15(8-19(22)28-29(16)20)26-10-18(31)21(23,24)25;10-6-1-4(15-2-5(19)9(11,12)13)8-16-3-7(14)18(8)17-6/h4-6,8-9,12,18,26,31H,2-3,7,10H2,1H3;1,3,5,15,19H,2H2. The van der Waals surface area contributed by atoms with E-state index in [4.69, 9.17) is 28.3 Å². The lowest BCUT2D eigenvalue weighted by Crippen LogP contribution is -2.35. The van der Waals surface area contributed by atoms with Crippen LogP contribution in [0.3, 0.4) is 0 Å². The minimum absolute atomic E-state index is 0.0451. The van der Waals surface area contributed by atoms with Crippen molar-refractivity contribution in [1.82, 2.24) is 29.2 Å². The summed E-state index contributed by atoms with van der Waals surface area (Å²) in [5.74, 6) is 0.624. The quantitative estimate of drug-likeness (QED) is 0.0664. The van der Waals surface area contributed by atoms with Crippen molar-refractivity contribution < 1.29 is 41.4 Å². The molecule has 50 heavy (non-hydrogen) atoms. The third-order valence-electron chi connectivity index (χ3n) is 7.55. The molecule has 1 aromatic carbocycles. The molecule has 1 fully saturated rings. The monoisotopic (exact) mass is 858 g/mol. The van der Waals surface area contributed by atoms with Gasteiger partial charge in [0.15, 0.2) is 39.6 Å². The molecule has 268 valence electrons. The molecule has 11 nitrogen and oxygen atoms in total. The Bertz CT molecular complexity index is 2020. The molecule has 2 unspecified atom stereocenters. The average molecular weight is 859 g/mol. The van der Waals surface area contributed by atoms with Gasteiger partial charge >= 0.3 is 12.4 Å². The first-order valence-electron chi connectivity index (χ1n) is 14.8. The fraction of sp³-hybridized carbons (Fsp3) is 0.367. The van der Waals surface area contributed by atoms with E-state index in [1.165, 1.54) is 33.6 Å². The highest BCUT2D eigenvalue weighted by atomic mass is 127. The Balaban J connectivity index is 0.000000219. The number of aryl methyl sites for hydroxylation is 1. The molecule has 20 heteroatoms. The summed E-state index contributed by atoms with van der Waals surface area (Å²) in [6.07, 6.45) is -8.60. The molecule has 4 aromatic heterocycles. The first-order valence-corrected chi connectivity index (χ1v) is 16.6. The summed E-state index contributed by atoms with van der Waals surface area (Å²) in [5.41, 5.74) is 3.90. The van der Waals surface area contributed by atoms with Crippen molar-refractivity contribution in [2.75, 3.05) is 23.7 Å². The van der Waals surface area contributed by atoms with Crippen molar-refractivity contribution >= 4 is 74.2 Å². The first-order chi connectivity index (χ1) is 23.4. The first kappa shape index (κ1) is 37.8. The van der Waals surface area contributed by atoms with Gasteiger partial charge in [0.2, 0.25) is 0 Å². The predicted molar refractivity (Wildman–Crippen MR) is 182 cm³/mol. The van der Waals surface area contributed by atoms with Crippen molar-refractivity contribution in [2.24, 2.45) is 5.92 Å². The fourth-order valence-electron chi connectivity index (χ4n) is 4.78. The predicted octanol–water partition coefficient (Wildman–Crippen LogP) is 7.00. The van der Waals surface area contributed by atoms with Crippen LogP contribution in [0, 0.1) is 16.5 Å². The number of aliphatic hydroxyl groups excluding tert-OH is 2. The fourth-order valence-corrected chi connectivity index (χ4v) is 5.63. The lowest BCUT2D eigenvalue weighted by molar-refractivity contribution is -0.199. The van der Waals surface area contributed by atoms with E-state index >= 15 is 0 Å². The minimum atomic E-state index is -4.74. The molecule has 1 saturated carbocycles. The molecular formula is C30H27Cl2F6IN8O3. The number of imidazole rings is 2. The number of fused-ring (bicyclic) bond motifs is 2. The Kier molecular flexibility index (Phi) is 11.4. The highest BCUT2D eigenvalue weighted by Gasteiger charge is 2.39. The van der Waals surface area contributed by atoms with Gasteiger partial charge in [-0.05, 0) is 59.9 Å². The number of ketones is 1. The molecule has 6 rings (SSSR count). The van der Waals surface area contributed by atoms with Gasteiger partial charge in [0.1, 0.15) is 3.70 Å². The van der Waals surface area contributed by atoms with Gasteiger partial charge in [-0.25, -0.2) is 19.0 Å². The van der Waals surface area contributed by atoms with Crippen LogP contribution in [0.5, 0.6) is 0 Å². The van der Waals surface area contributed by atoms with Crippen LogP contribution in [-0.2, 0) is 0 Å². The van der Waals surface area contributed by atoms with Crippen molar-refractivity contribution in [3.05, 3.63) is 67.9 Å². The molecule has 0 bridgehead atoms. The lowest BCUT2D eigenvalue weighted by atomic mass is 9.98. The second kappa shape index (κ2) is 15.0. The molecule has 0 saturated heterocycles. The van der Waals surface area contributed by atoms with Crippen LogP contribution in [0.15, 0.2) is 42.7 Å². The Morgan fingerprint density at radius 1 is 0.900 bits per heavy atom. The number of benzene rings is 1. The van der Waals surface area contributed by atoms with Crippen LogP contribution in [0.2, 0.25) is 10.3 Å². The van der Waals surface area contributed by atoms with E-state index < -0.39 is 37.7 Å². The van der Waals surface area contributed by atoms with Crippen LogP contribution in [-0.4, -0.2) is 82.8 Å². The summed E-state index contributed by atoms with van der Waals surface area (Å²) in [7, 11) is 0. The lowest BCUT2D eigenvalue weighted by Gasteiger charge is -2.16. The number of nitrogens with one attached hydrogen (secondary N) is 2. The zero-order valence-corrected chi connectivity index (χ0v) is 29.4. The van der Waals surface area contributed by atoms with Gasteiger partial charge in [0.25, 0.3) is 0 Å². The summed E-state index contributed by atoms with van der Waals surface area (Å²) in [6, 6.07) is 8.12. The average Bonchev–Trinajstić information content (AvgIpc) is 3.62.